The molecule has 24 heavy (non-hydrogen) atoms. The number of carbonyl (C=O) groups excluding carboxylic acids is 1. The van der Waals surface area contributed by atoms with Gasteiger partial charge in [-0.05, 0) is 49.8 Å². The van der Waals surface area contributed by atoms with E-state index >= 15 is 0 Å². The Balaban J connectivity index is 0.00000208. The molecular formula is C18H25Cl3N2O. The van der Waals surface area contributed by atoms with E-state index in [-0.39, 0.29) is 24.2 Å². The van der Waals surface area contributed by atoms with Gasteiger partial charge in [0.15, 0.2) is 0 Å². The quantitative estimate of drug-likeness (QED) is 0.828. The Kier molecular flexibility index (Phi) is 6.83. The fourth-order valence-electron chi connectivity index (χ4n) is 3.98. The summed E-state index contributed by atoms with van der Waals surface area (Å²) in [6.45, 7) is 1.99. The molecule has 3 nitrogen and oxygen atoms in total. The minimum Gasteiger partial charge on any atom is -0.342 e. The van der Waals surface area contributed by atoms with Gasteiger partial charge in [0.25, 0.3) is 0 Å². The van der Waals surface area contributed by atoms with Gasteiger partial charge >= 0.3 is 0 Å². The van der Waals surface area contributed by atoms with Crippen molar-refractivity contribution >= 4 is 41.5 Å². The number of fused-ring (bicyclic) bond motifs is 2. The molecule has 1 aromatic carbocycles. The van der Waals surface area contributed by atoms with Crippen LogP contribution in [0.5, 0.6) is 0 Å². The molecule has 2 fully saturated rings. The largest absolute Gasteiger partial charge is 0.342 e. The first-order valence-electron chi connectivity index (χ1n) is 8.40. The number of carbonyl (C=O) groups is 1. The maximum Gasteiger partial charge on any atom is 0.225 e. The van der Waals surface area contributed by atoms with Crippen molar-refractivity contribution in [3.63, 3.8) is 0 Å². The van der Waals surface area contributed by atoms with E-state index in [1.165, 1.54) is 12.8 Å². The van der Waals surface area contributed by atoms with E-state index in [2.05, 4.69) is 5.32 Å². The van der Waals surface area contributed by atoms with Gasteiger partial charge in [-0.3, -0.25) is 4.79 Å². The topological polar surface area (TPSA) is 32.3 Å². The Bertz CT molecular complexity index is 584. The molecule has 3 atom stereocenters. The molecule has 2 saturated heterocycles. The maximum atomic E-state index is 12.8. The zero-order chi connectivity index (χ0) is 16.6. The third kappa shape index (κ3) is 4.37. The normalized spacial score (nSPS) is 26.6. The molecule has 3 unspecified atom stereocenters. The second kappa shape index (κ2) is 8.27. The number of hydrogen-bond donors (Lipinski definition) is 1. The number of rotatable bonds is 4. The molecule has 0 spiro atoms. The first kappa shape index (κ1) is 19.8. The Labute approximate surface area is 160 Å². The highest BCUT2D eigenvalue weighted by molar-refractivity contribution is 6.35. The van der Waals surface area contributed by atoms with Crippen molar-refractivity contribution in [2.45, 2.75) is 57.2 Å². The van der Waals surface area contributed by atoms with Crippen LogP contribution in [0.2, 0.25) is 10.0 Å². The average Bonchev–Trinajstić information content (AvgIpc) is 2.86. The van der Waals surface area contributed by atoms with Gasteiger partial charge in [-0.1, -0.05) is 36.2 Å². The standard InChI is InChI=1S/C18H24Cl2N2O.ClH/c1-11(7-12-3-4-13(19)8-17(12)20)18(23)22(2)16-9-14-5-6-15(10-16)21-14;/h3-4,8,11,14-16,21H,5-7,9-10H2,1-2H3;1H. The highest BCUT2D eigenvalue weighted by Crippen LogP contribution is 2.30. The molecule has 1 N–H and O–H groups in total. The van der Waals surface area contributed by atoms with Crippen LogP contribution in [0, 0.1) is 5.92 Å². The molecule has 3 rings (SSSR count). The van der Waals surface area contributed by atoms with E-state index in [0.717, 1.165) is 18.4 Å². The summed E-state index contributed by atoms with van der Waals surface area (Å²) >= 11 is 12.2. The summed E-state index contributed by atoms with van der Waals surface area (Å²) in [5, 5.41) is 4.89. The van der Waals surface area contributed by atoms with E-state index in [4.69, 9.17) is 23.2 Å². The van der Waals surface area contributed by atoms with Crippen LogP contribution in [-0.2, 0) is 11.2 Å². The maximum absolute atomic E-state index is 12.8. The Morgan fingerprint density at radius 1 is 1.29 bits per heavy atom. The summed E-state index contributed by atoms with van der Waals surface area (Å²) < 4.78 is 0. The Morgan fingerprint density at radius 2 is 1.92 bits per heavy atom. The van der Waals surface area contributed by atoms with Gasteiger partial charge in [-0.25, -0.2) is 0 Å². The third-order valence-corrected chi connectivity index (χ3v) is 5.89. The second-order valence-corrected chi connectivity index (χ2v) is 7.90. The van der Waals surface area contributed by atoms with E-state index < -0.39 is 0 Å². The van der Waals surface area contributed by atoms with Crippen molar-refractivity contribution in [3.8, 4) is 0 Å². The van der Waals surface area contributed by atoms with E-state index in [1.807, 2.05) is 31.0 Å². The van der Waals surface area contributed by atoms with Gasteiger partial charge < -0.3 is 10.2 Å². The van der Waals surface area contributed by atoms with Crippen LogP contribution < -0.4 is 5.32 Å². The number of nitrogens with one attached hydrogen (secondary N) is 1. The number of amides is 1. The molecule has 0 aromatic heterocycles. The Morgan fingerprint density at radius 3 is 2.50 bits per heavy atom. The molecule has 2 aliphatic heterocycles. The highest BCUT2D eigenvalue weighted by Gasteiger charge is 2.37. The van der Waals surface area contributed by atoms with Crippen LogP contribution in [0.15, 0.2) is 18.2 Å². The van der Waals surface area contributed by atoms with Gasteiger partial charge in [0.05, 0.1) is 0 Å². The monoisotopic (exact) mass is 390 g/mol. The molecule has 1 amide bonds. The Hall–Kier alpha value is -0.480. The molecule has 6 heteroatoms. The number of benzene rings is 1. The summed E-state index contributed by atoms with van der Waals surface area (Å²) in [7, 11) is 1.96. The van der Waals surface area contributed by atoms with Crippen molar-refractivity contribution in [1.29, 1.82) is 0 Å². The minimum atomic E-state index is -0.0776. The van der Waals surface area contributed by atoms with Crippen molar-refractivity contribution in [1.82, 2.24) is 10.2 Å². The van der Waals surface area contributed by atoms with E-state index in [1.54, 1.807) is 6.07 Å². The summed E-state index contributed by atoms with van der Waals surface area (Å²) in [6.07, 6.45) is 5.30. The molecule has 0 aliphatic carbocycles. The zero-order valence-corrected chi connectivity index (χ0v) is 16.4. The number of nitrogens with zero attached hydrogens (tertiary/aromatic N) is 1. The zero-order valence-electron chi connectivity index (χ0n) is 14.1. The number of hydrogen-bond acceptors (Lipinski definition) is 2. The smallest absolute Gasteiger partial charge is 0.225 e. The van der Waals surface area contributed by atoms with Crippen molar-refractivity contribution in [2.24, 2.45) is 5.92 Å². The lowest BCUT2D eigenvalue weighted by Crippen LogP contribution is -2.50. The highest BCUT2D eigenvalue weighted by atomic mass is 35.5. The fraction of sp³-hybridized carbons (Fsp3) is 0.611. The molecule has 2 heterocycles. The first-order valence-corrected chi connectivity index (χ1v) is 9.16. The van der Waals surface area contributed by atoms with Crippen molar-refractivity contribution in [3.05, 3.63) is 33.8 Å². The number of piperidine rings is 1. The summed E-state index contributed by atoms with van der Waals surface area (Å²) in [4.78, 5) is 14.8. The lowest BCUT2D eigenvalue weighted by molar-refractivity contribution is -0.136. The molecule has 0 saturated carbocycles. The van der Waals surface area contributed by atoms with Crippen molar-refractivity contribution < 1.29 is 4.79 Å². The summed E-state index contributed by atoms with van der Waals surface area (Å²) in [6, 6.07) is 7.03. The summed E-state index contributed by atoms with van der Waals surface area (Å²) in [5.41, 5.74) is 0.982. The predicted octanol–water partition coefficient (Wildman–Crippen LogP) is 4.34. The third-order valence-electron chi connectivity index (χ3n) is 5.31. The lowest BCUT2D eigenvalue weighted by atomic mass is 9.95. The predicted molar refractivity (Wildman–Crippen MR) is 102 cm³/mol. The van der Waals surface area contributed by atoms with Gasteiger partial charge in [0.1, 0.15) is 0 Å². The van der Waals surface area contributed by atoms with Crippen LogP contribution in [0.3, 0.4) is 0 Å². The number of halogens is 3. The van der Waals surface area contributed by atoms with Crippen LogP contribution in [0.25, 0.3) is 0 Å². The molecule has 2 aliphatic rings. The fourth-order valence-corrected chi connectivity index (χ4v) is 4.46. The van der Waals surface area contributed by atoms with Crippen LogP contribution in [0.1, 0.15) is 38.2 Å². The van der Waals surface area contributed by atoms with Gasteiger partial charge in [0, 0.05) is 41.1 Å². The SMILES string of the molecule is CC(Cc1ccc(Cl)cc1Cl)C(=O)N(C)C1CC2CCC(C1)N2.Cl. The minimum absolute atomic E-state index is 0. The molecular weight excluding hydrogens is 367 g/mol. The second-order valence-electron chi connectivity index (χ2n) is 7.05. The van der Waals surface area contributed by atoms with Gasteiger partial charge in [0.2, 0.25) is 5.91 Å². The van der Waals surface area contributed by atoms with Crippen LogP contribution in [0.4, 0.5) is 0 Å². The first-order chi connectivity index (χ1) is 10.9. The van der Waals surface area contributed by atoms with Gasteiger partial charge in [-0.2, -0.15) is 0 Å². The molecule has 1 aromatic rings. The van der Waals surface area contributed by atoms with E-state index in [0.29, 0.717) is 34.6 Å². The van der Waals surface area contributed by atoms with E-state index in [9.17, 15) is 4.79 Å². The molecule has 2 bridgehead atoms. The van der Waals surface area contributed by atoms with Crippen LogP contribution >= 0.6 is 35.6 Å². The average molecular weight is 392 g/mol. The summed E-state index contributed by atoms with van der Waals surface area (Å²) in [5.74, 6) is 0.133. The van der Waals surface area contributed by atoms with Gasteiger partial charge in [-0.15, -0.1) is 12.4 Å². The van der Waals surface area contributed by atoms with Crippen molar-refractivity contribution in [2.75, 3.05) is 7.05 Å². The van der Waals surface area contributed by atoms with Crippen LogP contribution in [-0.4, -0.2) is 36.0 Å². The lowest BCUT2D eigenvalue weighted by Gasteiger charge is -2.36. The molecule has 134 valence electrons. The molecule has 0 radical (unpaired) electrons.